The second kappa shape index (κ2) is 10.8. The first kappa shape index (κ1) is 23.4. The minimum absolute atomic E-state index is 0.155. The summed E-state index contributed by atoms with van der Waals surface area (Å²) >= 11 is 12.0. The Kier molecular flexibility index (Phi) is 8.67. The second-order valence-corrected chi connectivity index (χ2v) is 7.85. The largest absolute Gasteiger partial charge is 0.483 e. The maximum Gasteiger partial charge on any atom is 0.290 e. The number of halogens is 2. The van der Waals surface area contributed by atoms with Crippen LogP contribution in [0.2, 0.25) is 10.2 Å². The number of nitrogens with zero attached hydrogens (tertiary/aromatic N) is 3. The third kappa shape index (κ3) is 5.58. The van der Waals surface area contributed by atoms with E-state index in [0.717, 1.165) is 25.8 Å². The maximum atomic E-state index is 12.9. The van der Waals surface area contributed by atoms with E-state index in [-0.39, 0.29) is 28.9 Å². The smallest absolute Gasteiger partial charge is 0.290 e. The SMILES string of the molecule is COCCN1CCC2(CCCN(C(=O)c3cnc(Cl)cc3Cl)CC2)C1=O.O=CO. The number of rotatable bonds is 4. The van der Waals surface area contributed by atoms with Crippen molar-refractivity contribution in [2.24, 2.45) is 5.41 Å². The van der Waals surface area contributed by atoms with Gasteiger partial charge in [0.1, 0.15) is 5.15 Å². The van der Waals surface area contributed by atoms with Gasteiger partial charge in [-0.2, -0.15) is 0 Å². The molecule has 2 aliphatic rings. The van der Waals surface area contributed by atoms with Crippen molar-refractivity contribution in [3.8, 4) is 0 Å². The number of pyridine rings is 1. The van der Waals surface area contributed by atoms with Gasteiger partial charge in [-0.25, -0.2) is 4.98 Å². The molecule has 2 fully saturated rings. The van der Waals surface area contributed by atoms with Gasteiger partial charge in [-0.15, -0.1) is 0 Å². The molecule has 2 aliphatic heterocycles. The first-order valence-electron chi connectivity index (χ1n) is 9.35. The number of amides is 2. The van der Waals surface area contributed by atoms with Gasteiger partial charge in [-0.3, -0.25) is 14.4 Å². The molecule has 10 heteroatoms. The first-order valence-corrected chi connectivity index (χ1v) is 10.1. The number of aromatic nitrogens is 1. The first-order chi connectivity index (χ1) is 13.9. The molecule has 0 aromatic carbocycles. The summed E-state index contributed by atoms with van der Waals surface area (Å²) in [6, 6.07) is 1.48. The zero-order valence-electron chi connectivity index (χ0n) is 16.3. The molecular formula is C19H25Cl2N3O5. The summed E-state index contributed by atoms with van der Waals surface area (Å²) in [6.07, 6.45) is 4.56. The van der Waals surface area contributed by atoms with Crippen LogP contribution >= 0.6 is 23.2 Å². The van der Waals surface area contributed by atoms with Gasteiger partial charge in [-0.1, -0.05) is 23.2 Å². The molecule has 1 unspecified atom stereocenters. The average molecular weight is 446 g/mol. The molecule has 0 aliphatic carbocycles. The van der Waals surface area contributed by atoms with E-state index in [1.165, 1.54) is 12.3 Å². The van der Waals surface area contributed by atoms with Crippen LogP contribution in [-0.2, 0) is 14.3 Å². The number of carbonyl (C=O) groups excluding carboxylic acids is 2. The Hall–Kier alpha value is -1.90. The molecule has 2 saturated heterocycles. The number of ether oxygens (including phenoxy) is 1. The molecule has 3 rings (SSSR count). The highest BCUT2D eigenvalue weighted by molar-refractivity contribution is 6.36. The molecule has 29 heavy (non-hydrogen) atoms. The van der Waals surface area contributed by atoms with E-state index in [2.05, 4.69) is 4.98 Å². The normalized spacial score (nSPS) is 21.6. The van der Waals surface area contributed by atoms with Gasteiger partial charge in [0.25, 0.3) is 12.4 Å². The minimum Gasteiger partial charge on any atom is -0.483 e. The van der Waals surface area contributed by atoms with Crippen LogP contribution in [0.3, 0.4) is 0 Å². The highest BCUT2D eigenvalue weighted by Crippen LogP contribution is 2.41. The van der Waals surface area contributed by atoms with Gasteiger partial charge in [0.2, 0.25) is 5.91 Å². The van der Waals surface area contributed by atoms with E-state index < -0.39 is 0 Å². The summed E-state index contributed by atoms with van der Waals surface area (Å²) in [5, 5.41) is 7.45. The summed E-state index contributed by atoms with van der Waals surface area (Å²) < 4.78 is 5.10. The van der Waals surface area contributed by atoms with Crippen molar-refractivity contribution in [2.75, 3.05) is 39.9 Å². The summed E-state index contributed by atoms with van der Waals surface area (Å²) in [5.41, 5.74) is 0.0108. The standard InChI is InChI=1S/C18H23Cl2N3O3.CH2O2/c1-26-10-9-23-8-5-18(17(23)25)3-2-6-22(7-4-18)16(24)13-12-21-15(20)11-14(13)19;2-1-3/h11-12H,2-10H2,1H3;1H,(H,2,3). The molecule has 1 aromatic heterocycles. The summed E-state index contributed by atoms with van der Waals surface area (Å²) in [7, 11) is 1.64. The van der Waals surface area contributed by atoms with E-state index in [4.69, 9.17) is 37.8 Å². The van der Waals surface area contributed by atoms with Crippen LogP contribution in [-0.4, -0.2) is 78.1 Å². The van der Waals surface area contributed by atoms with E-state index in [9.17, 15) is 9.59 Å². The predicted molar refractivity (Wildman–Crippen MR) is 108 cm³/mol. The Labute approximate surface area is 179 Å². The van der Waals surface area contributed by atoms with Crippen molar-refractivity contribution in [2.45, 2.75) is 25.7 Å². The quantitative estimate of drug-likeness (QED) is 0.564. The van der Waals surface area contributed by atoms with Crippen LogP contribution in [0.5, 0.6) is 0 Å². The molecule has 8 nitrogen and oxygen atoms in total. The fraction of sp³-hybridized carbons (Fsp3) is 0.579. The van der Waals surface area contributed by atoms with Gasteiger partial charge in [0.05, 0.1) is 22.6 Å². The Bertz CT molecular complexity index is 749. The minimum atomic E-state index is -0.342. The number of carbonyl (C=O) groups is 3. The molecule has 0 radical (unpaired) electrons. The third-order valence-corrected chi connectivity index (χ3v) is 5.97. The van der Waals surface area contributed by atoms with Gasteiger partial charge < -0.3 is 19.6 Å². The monoisotopic (exact) mass is 445 g/mol. The number of likely N-dealkylation sites (tertiary alicyclic amines) is 2. The van der Waals surface area contributed by atoms with Crippen molar-refractivity contribution in [1.29, 1.82) is 0 Å². The molecular weight excluding hydrogens is 421 g/mol. The Morgan fingerprint density at radius 2 is 2.00 bits per heavy atom. The lowest BCUT2D eigenvalue weighted by molar-refractivity contribution is -0.137. The molecule has 0 saturated carbocycles. The van der Waals surface area contributed by atoms with Crippen LogP contribution in [0.4, 0.5) is 0 Å². The van der Waals surface area contributed by atoms with Gasteiger partial charge >= 0.3 is 0 Å². The van der Waals surface area contributed by atoms with E-state index in [0.29, 0.717) is 43.2 Å². The van der Waals surface area contributed by atoms with Gasteiger partial charge in [-0.05, 0) is 31.7 Å². The van der Waals surface area contributed by atoms with Gasteiger partial charge in [0, 0.05) is 39.5 Å². The number of carboxylic acid groups (broad SMARTS) is 1. The highest BCUT2D eigenvalue weighted by atomic mass is 35.5. The topological polar surface area (TPSA) is 100 Å². The molecule has 160 valence electrons. The van der Waals surface area contributed by atoms with E-state index >= 15 is 0 Å². The van der Waals surface area contributed by atoms with Crippen molar-refractivity contribution in [1.82, 2.24) is 14.8 Å². The van der Waals surface area contributed by atoms with Crippen molar-refractivity contribution in [3.63, 3.8) is 0 Å². The lowest BCUT2D eigenvalue weighted by Gasteiger charge is -2.26. The summed E-state index contributed by atoms with van der Waals surface area (Å²) in [5.74, 6) is 0.0490. The molecule has 1 spiro atoms. The second-order valence-electron chi connectivity index (χ2n) is 7.05. The van der Waals surface area contributed by atoms with Crippen LogP contribution in [0.25, 0.3) is 0 Å². The zero-order chi connectivity index (χ0) is 21.4. The zero-order valence-corrected chi connectivity index (χ0v) is 17.8. The molecule has 2 amide bonds. The Balaban J connectivity index is 0.000000941. The highest BCUT2D eigenvalue weighted by Gasteiger charge is 2.47. The Morgan fingerprint density at radius 3 is 2.66 bits per heavy atom. The fourth-order valence-electron chi connectivity index (χ4n) is 3.90. The van der Waals surface area contributed by atoms with Crippen LogP contribution in [0.1, 0.15) is 36.0 Å². The molecule has 1 atom stereocenters. The van der Waals surface area contributed by atoms with Crippen LogP contribution < -0.4 is 0 Å². The van der Waals surface area contributed by atoms with Crippen LogP contribution in [0.15, 0.2) is 12.3 Å². The predicted octanol–water partition coefficient (Wildman–Crippen LogP) is 2.58. The molecule has 3 heterocycles. The fourth-order valence-corrected chi connectivity index (χ4v) is 4.35. The van der Waals surface area contributed by atoms with Crippen molar-refractivity contribution >= 4 is 41.5 Å². The summed E-state index contributed by atoms with van der Waals surface area (Å²) in [4.78, 5) is 41.7. The van der Waals surface area contributed by atoms with Crippen molar-refractivity contribution < 1.29 is 24.2 Å². The number of hydrogen-bond acceptors (Lipinski definition) is 5. The van der Waals surface area contributed by atoms with E-state index in [1.807, 2.05) is 4.90 Å². The third-order valence-electron chi connectivity index (χ3n) is 5.45. The Morgan fingerprint density at radius 1 is 1.31 bits per heavy atom. The van der Waals surface area contributed by atoms with E-state index in [1.54, 1.807) is 12.0 Å². The van der Waals surface area contributed by atoms with Crippen LogP contribution in [0, 0.1) is 5.41 Å². The van der Waals surface area contributed by atoms with Crippen molar-refractivity contribution in [3.05, 3.63) is 28.0 Å². The summed E-state index contributed by atoms with van der Waals surface area (Å²) in [6.45, 7) is 2.86. The number of hydrogen-bond donors (Lipinski definition) is 1. The average Bonchev–Trinajstić information content (AvgIpc) is 2.86. The maximum absolute atomic E-state index is 12.9. The number of methoxy groups -OCH3 is 1. The van der Waals surface area contributed by atoms with Gasteiger partial charge in [0.15, 0.2) is 0 Å². The molecule has 1 N–H and O–H groups in total. The lowest BCUT2D eigenvalue weighted by Crippen LogP contribution is -2.37. The molecule has 1 aromatic rings. The lowest BCUT2D eigenvalue weighted by atomic mass is 9.79. The molecule has 0 bridgehead atoms.